The summed E-state index contributed by atoms with van der Waals surface area (Å²) in [6, 6.07) is -0.344. The van der Waals surface area contributed by atoms with E-state index < -0.39 is 11.7 Å². The maximum absolute atomic E-state index is 12.0. The molecule has 0 bridgehead atoms. The summed E-state index contributed by atoms with van der Waals surface area (Å²) < 4.78 is 10.0. The largest absolute Gasteiger partial charge is 0.469 e. The van der Waals surface area contributed by atoms with Gasteiger partial charge in [0, 0.05) is 12.5 Å². The standard InChI is InChI=1S/C13H21NO5/c1-13(2,3)19-12(17)14-5-7-9(8(14)6-15)10(7)11(16)18-4/h7-10,15H,5-6H2,1-4H3/t7-,8+,9-,10+/m0/s1. The third-order valence-corrected chi connectivity index (χ3v) is 3.77. The summed E-state index contributed by atoms with van der Waals surface area (Å²) in [5.74, 6) is -0.333. The average molecular weight is 271 g/mol. The van der Waals surface area contributed by atoms with Crippen molar-refractivity contribution in [2.75, 3.05) is 20.3 Å². The van der Waals surface area contributed by atoms with Crippen molar-refractivity contribution in [3.05, 3.63) is 0 Å². The lowest BCUT2D eigenvalue weighted by molar-refractivity contribution is -0.143. The third-order valence-electron chi connectivity index (χ3n) is 3.77. The smallest absolute Gasteiger partial charge is 0.410 e. The first-order valence-corrected chi connectivity index (χ1v) is 6.48. The predicted molar refractivity (Wildman–Crippen MR) is 66.3 cm³/mol. The zero-order valence-corrected chi connectivity index (χ0v) is 11.8. The Morgan fingerprint density at radius 3 is 2.47 bits per heavy atom. The number of likely N-dealkylation sites (tertiary alicyclic amines) is 1. The minimum atomic E-state index is -0.564. The first-order valence-electron chi connectivity index (χ1n) is 6.48. The van der Waals surface area contributed by atoms with Gasteiger partial charge in [-0.05, 0) is 26.7 Å². The number of ether oxygens (including phenoxy) is 2. The maximum atomic E-state index is 12.0. The number of amides is 1. The highest BCUT2D eigenvalue weighted by Gasteiger charge is 2.66. The van der Waals surface area contributed by atoms with Gasteiger partial charge in [0.05, 0.1) is 25.7 Å². The lowest BCUT2D eigenvalue weighted by Gasteiger charge is -2.30. The number of methoxy groups -OCH3 is 1. The van der Waals surface area contributed by atoms with Gasteiger partial charge in [-0.2, -0.15) is 0 Å². The molecule has 0 radical (unpaired) electrons. The van der Waals surface area contributed by atoms with Crippen molar-refractivity contribution in [2.45, 2.75) is 32.4 Å². The van der Waals surface area contributed by atoms with Crippen molar-refractivity contribution in [1.29, 1.82) is 0 Å². The van der Waals surface area contributed by atoms with Crippen LogP contribution in [0.15, 0.2) is 0 Å². The Balaban J connectivity index is 2.00. The summed E-state index contributed by atoms with van der Waals surface area (Å²) in [6.07, 6.45) is -0.428. The number of aliphatic hydroxyl groups excluding tert-OH is 1. The van der Waals surface area contributed by atoms with Gasteiger partial charge < -0.3 is 19.5 Å². The fraction of sp³-hybridized carbons (Fsp3) is 0.846. The molecule has 6 heteroatoms. The van der Waals surface area contributed by atoms with Crippen LogP contribution in [0, 0.1) is 17.8 Å². The molecule has 1 aliphatic carbocycles. The SMILES string of the molecule is COC(=O)[C@@H]1[C@H]2CN(C(=O)OC(C)(C)C)[C@H](CO)[C@H]21. The molecule has 1 amide bonds. The van der Waals surface area contributed by atoms with Gasteiger partial charge in [0.2, 0.25) is 0 Å². The molecule has 0 aromatic rings. The summed E-state index contributed by atoms with van der Waals surface area (Å²) >= 11 is 0. The second-order valence-electron chi connectivity index (χ2n) is 6.17. The Bertz CT molecular complexity index is 389. The van der Waals surface area contributed by atoms with Crippen molar-refractivity contribution in [3.63, 3.8) is 0 Å². The summed E-state index contributed by atoms with van der Waals surface area (Å²) in [5.41, 5.74) is -0.564. The van der Waals surface area contributed by atoms with Crippen LogP contribution in [-0.2, 0) is 14.3 Å². The Hall–Kier alpha value is -1.30. The Kier molecular flexibility index (Phi) is 3.47. The second-order valence-corrected chi connectivity index (χ2v) is 6.17. The molecule has 2 aliphatic rings. The fourth-order valence-electron chi connectivity index (χ4n) is 2.95. The highest BCUT2D eigenvalue weighted by atomic mass is 16.6. The van der Waals surface area contributed by atoms with Gasteiger partial charge >= 0.3 is 12.1 Å². The molecule has 2 fully saturated rings. The first-order chi connectivity index (χ1) is 8.80. The zero-order valence-electron chi connectivity index (χ0n) is 11.8. The molecule has 1 saturated heterocycles. The lowest BCUT2D eigenvalue weighted by atomic mass is 10.1. The van der Waals surface area contributed by atoms with E-state index in [0.717, 1.165) is 0 Å². The number of piperidine rings is 1. The van der Waals surface area contributed by atoms with E-state index in [9.17, 15) is 14.7 Å². The van der Waals surface area contributed by atoms with Gasteiger partial charge in [-0.25, -0.2) is 4.79 Å². The summed E-state index contributed by atoms with van der Waals surface area (Å²) in [6.45, 7) is 5.69. The van der Waals surface area contributed by atoms with Gasteiger partial charge in [-0.15, -0.1) is 0 Å². The maximum Gasteiger partial charge on any atom is 0.410 e. The first kappa shape index (κ1) is 14.1. The summed E-state index contributed by atoms with van der Waals surface area (Å²) in [7, 11) is 1.36. The van der Waals surface area contributed by atoms with E-state index in [2.05, 4.69) is 0 Å². The van der Waals surface area contributed by atoms with Crippen molar-refractivity contribution in [1.82, 2.24) is 4.90 Å². The average Bonchev–Trinajstić information content (AvgIpc) is 2.87. The van der Waals surface area contributed by atoms with Crippen molar-refractivity contribution in [3.8, 4) is 0 Å². The highest BCUT2D eigenvalue weighted by molar-refractivity contribution is 5.78. The van der Waals surface area contributed by atoms with Crippen molar-refractivity contribution in [2.24, 2.45) is 17.8 Å². The van der Waals surface area contributed by atoms with Crippen molar-refractivity contribution < 1.29 is 24.2 Å². The van der Waals surface area contributed by atoms with E-state index in [1.807, 2.05) is 0 Å². The topological polar surface area (TPSA) is 76.1 Å². The highest BCUT2D eigenvalue weighted by Crippen LogP contribution is 2.55. The van der Waals surface area contributed by atoms with E-state index in [0.29, 0.717) is 6.54 Å². The molecule has 1 N–H and O–H groups in total. The number of rotatable bonds is 2. The van der Waals surface area contributed by atoms with Crippen LogP contribution >= 0.6 is 0 Å². The number of nitrogens with zero attached hydrogens (tertiary/aromatic N) is 1. The van der Waals surface area contributed by atoms with Crippen LogP contribution in [0.2, 0.25) is 0 Å². The van der Waals surface area contributed by atoms with Gasteiger partial charge in [-0.3, -0.25) is 4.79 Å². The molecule has 1 heterocycles. The van der Waals surface area contributed by atoms with Gasteiger partial charge in [0.1, 0.15) is 5.60 Å². The molecule has 0 unspecified atom stereocenters. The molecular weight excluding hydrogens is 250 g/mol. The molecular formula is C13H21NO5. The van der Waals surface area contributed by atoms with Crippen LogP contribution in [0.4, 0.5) is 4.79 Å². The van der Waals surface area contributed by atoms with E-state index in [4.69, 9.17) is 9.47 Å². The van der Waals surface area contributed by atoms with Crippen LogP contribution in [0.3, 0.4) is 0 Å². The number of hydrogen-bond donors (Lipinski definition) is 1. The van der Waals surface area contributed by atoms with Gasteiger partial charge in [0.15, 0.2) is 0 Å². The lowest BCUT2D eigenvalue weighted by Crippen LogP contribution is -2.45. The molecule has 4 atom stereocenters. The second kappa shape index (κ2) is 4.67. The van der Waals surface area contributed by atoms with Crippen LogP contribution in [0.1, 0.15) is 20.8 Å². The molecule has 0 spiro atoms. The Morgan fingerprint density at radius 2 is 2.00 bits per heavy atom. The number of carbonyl (C=O) groups excluding carboxylic acids is 2. The van der Waals surface area contributed by atoms with E-state index in [-0.39, 0.29) is 36.4 Å². The van der Waals surface area contributed by atoms with Gasteiger partial charge in [0.25, 0.3) is 0 Å². The van der Waals surface area contributed by atoms with Crippen LogP contribution < -0.4 is 0 Å². The normalized spacial score (nSPS) is 32.8. The fourth-order valence-corrected chi connectivity index (χ4v) is 2.95. The molecule has 1 aliphatic heterocycles. The van der Waals surface area contributed by atoms with Crippen LogP contribution in [-0.4, -0.2) is 54.0 Å². The van der Waals surface area contributed by atoms with Crippen LogP contribution in [0.25, 0.3) is 0 Å². The summed E-state index contributed by atoms with van der Waals surface area (Å²) in [5, 5.41) is 9.45. The number of fused-ring (bicyclic) bond motifs is 1. The summed E-state index contributed by atoms with van der Waals surface area (Å²) in [4.78, 5) is 25.1. The molecule has 0 aromatic carbocycles. The molecule has 108 valence electrons. The number of hydrogen-bond acceptors (Lipinski definition) is 5. The van der Waals surface area contributed by atoms with E-state index in [1.165, 1.54) is 12.0 Å². The number of carbonyl (C=O) groups is 2. The number of esters is 1. The molecule has 0 aromatic heterocycles. The molecule has 6 nitrogen and oxygen atoms in total. The van der Waals surface area contributed by atoms with Crippen molar-refractivity contribution >= 4 is 12.1 Å². The van der Waals surface area contributed by atoms with Crippen LogP contribution in [0.5, 0.6) is 0 Å². The number of aliphatic hydroxyl groups is 1. The Labute approximate surface area is 112 Å². The minimum Gasteiger partial charge on any atom is -0.469 e. The quantitative estimate of drug-likeness (QED) is 0.746. The molecule has 19 heavy (non-hydrogen) atoms. The van der Waals surface area contributed by atoms with E-state index >= 15 is 0 Å². The van der Waals surface area contributed by atoms with E-state index in [1.54, 1.807) is 20.8 Å². The minimum absolute atomic E-state index is 0.00460. The Morgan fingerprint density at radius 1 is 1.37 bits per heavy atom. The molecule has 1 saturated carbocycles. The zero-order chi connectivity index (χ0) is 14.4. The van der Waals surface area contributed by atoms with Gasteiger partial charge in [-0.1, -0.05) is 0 Å². The monoisotopic (exact) mass is 271 g/mol. The predicted octanol–water partition coefficient (Wildman–Crippen LogP) is 0.633. The molecule has 2 rings (SSSR count). The third kappa shape index (κ3) is 2.54.